The Morgan fingerprint density at radius 3 is 1.26 bits per heavy atom. The maximum Gasteiger partial charge on any atom is -0.0419 e. The van der Waals surface area contributed by atoms with Crippen LogP contribution in [0.4, 0.5) is 0 Å². The Labute approximate surface area is 151 Å². The molecule has 0 nitrogen and oxygen atoms in total. The highest BCUT2D eigenvalue weighted by Gasteiger charge is 2.03. The van der Waals surface area contributed by atoms with E-state index in [1.54, 1.807) is 0 Å². The van der Waals surface area contributed by atoms with Crippen LogP contribution in [0.25, 0.3) is 0 Å². The van der Waals surface area contributed by atoms with Crippen molar-refractivity contribution in [3.05, 3.63) is 0 Å². The molecule has 0 radical (unpaired) electrons. The minimum absolute atomic E-state index is 0.884. The van der Waals surface area contributed by atoms with Crippen molar-refractivity contribution < 1.29 is 0 Å². The summed E-state index contributed by atoms with van der Waals surface area (Å²) < 4.78 is 0. The zero-order chi connectivity index (χ0) is 18.7. The third-order valence-electron chi connectivity index (χ3n) is 4.87. The van der Waals surface area contributed by atoms with Gasteiger partial charge in [0.1, 0.15) is 0 Å². The Morgan fingerprint density at radius 2 is 1.00 bits per heavy atom. The standard InChI is InChI=1S/C10H22.C8H18.C5H12/c1-5-10(6-2)8-7-9(3)4;1-4-6-7-8(3)5-2;1-4-5(2)3/h9-10H,5-8H2,1-4H3;8H,4-7H2,1-3H3;5H,4H2,1-3H3. The van der Waals surface area contributed by atoms with Gasteiger partial charge in [0, 0.05) is 0 Å². The van der Waals surface area contributed by atoms with E-state index in [0.29, 0.717) is 0 Å². The predicted molar refractivity (Wildman–Crippen MR) is 112 cm³/mol. The maximum absolute atomic E-state index is 2.33. The lowest BCUT2D eigenvalue weighted by molar-refractivity contribution is 0.403. The molecule has 0 aromatic rings. The molecule has 0 aliphatic heterocycles. The SMILES string of the molecule is CCC(C)C.CCC(CC)CCC(C)C.CCCCC(C)CC. The van der Waals surface area contributed by atoms with E-state index in [9.17, 15) is 0 Å². The van der Waals surface area contributed by atoms with Gasteiger partial charge in [-0.25, -0.2) is 0 Å². The second-order valence-electron chi connectivity index (χ2n) is 8.11. The van der Waals surface area contributed by atoms with Crippen LogP contribution in [0.5, 0.6) is 0 Å². The quantitative estimate of drug-likeness (QED) is 0.375. The van der Waals surface area contributed by atoms with E-state index in [2.05, 4.69) is 69.2 Å². The lowest BCUT2D eigenvalue weighted by atomic mass is 9.94. The second kappa shape index (κ2) is 22.0. The first-order chi connectivity index (χ1) is 10.8. The average molecular weight is 329 g/mol. The maximum atomic E-state index is 2.33. The summed E-state index contributed by atoms with van der Waals surface area (Å²) in [5, 5.41) is 0. The molecule has 0 N–H and O–H groups in total. The molecule has 0 saturated heterocycles. The summed E-state index contributed by atoms with van der Waals surface area (Å²) in [6, 6.07) is 0. The summed E-state index contributed by atoms with van der Waals surface area (Å²) in [6.07, 6.45) is 12.4. The van der Waals surface area contributed by atoms with Gasteiger partial charge < -0.3 is 0 Å². The smallest absolute Gasteiger partial charge is 0.0419 e. The van der Waals surface area contributed by atoms with E-state index >= 15 is 0 Å². The molecule has 0 aliphatic rings. The normalized spacial score (nSPS) is 11.9. The highest BCUT2D eigenvalue weighted by Crippen LogP contribution is 2.17. The Morgan fingerprint density at radius 1 is 0.522 bits per heavy atom. The molecule has 0 aromatic carbocycles. The van der Waals surface area contributed by atoms with Crippen molar-refractivity contribution in [2.75, 3.05) is 0 Å². The van der Waals surface area contributed by atoms with Crippen LogP contribution in [0.2, 0.25) is 0 Å². The molecule has 0 bridgehead atoms. The molecule has 1 unspecified atom stereocenters. The summed E-state index contributed by atoms with van der Waals surface area (Å²) in [4.78, 5) is 0. The number of unbranched alkanes of at least 4 members (excludes halogenated alkanes) is 1. The van der Waals surface area contributed by atoms with Crippen LogP contribution in [0.1, 0.15) is 127 Å². The van der Waals surface area contributed by atoms with Gasteiger partial charge >= 0.3 is 0 Å². The van der Waals surface area contributed by atoms with Crippen molar-refractivity contribution in [1.29, 1.82) is 0 Å². The largest absolute Gasteiger partial charge is 0.0654 e. The van der Waals surface area contributed by atoms with Crippen molar-refractivity contribution in [2.24, 2.45) is 23.7 Å². The number of hydrogen-bond donors (Lipinski definition) is 0. The average Bonchev–Trinajstić information content (AvgIpc) is 2.54. The van der Waals surface area contributed by atoms with E-state index in [-0.39, 0.29) is 0 Å². The molecule has 0 spiro atoms. The molecule has 144 valence electrons. The van der Waals surface area contributed by atoms with Crippen LogP contribution in [-0.4, -0.2) is 0 Å². The molecule has 0 fully saturated rings. The van der Waals surface area contributed by atoms with Crippen LogP contribution >= 0.6 is 0 Å². The molecule has 0 aliphatic carbocycles. The van der Waals surface area contributed by atoms with Gasteiger partial charge in [0.25, 0.3) is 0 Å². The summed E-state index contributed by atoms with van der Waals surface area (Å²) in [5.41, 5.74) is 0. The highest BCUT2D eigenvalue weighted by atomic mass is 14.1. The van der Waals surface area contributed by atoms with Crippen molar-refractivity contribution in [3.8, 4) is 0 Å². The topological polar surface area (TPSA) is 0 Å². The van der Waals surface area contributed by atoms with E-state index < -0.39 is 0 Å². The summed E-state index contributed by atoms with van der Waals surface area (Å²) in [6.45, 7) is 22.7. The van der Waals surface area contributed by atoms with Crippen LogP contribution in [-0.2, 0) is 0 Å². The monoisotopic (exact) mass is 328 g/mol. The number of rotatable bonds is 10. The van der Waals surface area contributed by atoms with E-state index in [1.807, 2.05) is 0 Å². The third kappa shape index (κ3) is 30.4. The Hall–Kier alpha value is 0. The first-order valence-electron chi connectivity index (χ1n) is 10.8. The van der Waals surface area contributed by atoms with E-state index in [1.165, 1.54) is 57.8 Å². The van der Waals surface area contributed by atoms with Crippen molar-refractivity contribution in [1.82, 2.24) is 0 Å². The lowest BCUT2D eigenvalue weighted by Crippen LogP contribution is -1.98. The van der Waals surface area contributed by atoms with Crippen molar-refractivity contribution in [2.45, 2.75) is 127 Å². The first kappa shape index (κ1) is 27.8. The van der Waals surface area contributed by atoms with E-state index in [4.69, 9.17) is 0 Å². The van der Waals surface area contributed by atoms with Gasteiger partial charge in [-0.05, 0) is 23.7 Å². The van der Waals surface area contributed by atoms with Gasteiger partial charge in [-0.2, -0.15) is 0 Å². The fourth-order valence-corrected chi connectivity index (χ4v) is 2.02. The van der Waals surface area contributed by atoms with Crippen molar-refractivity contribution in [3.63, 3.8) is 0 Å². The highest BCUT2D eigenvalue weighted by molar-refractivity contribution is 4.56. The van der Waals surface area contributed by atoms with Gasteiger partial charge in [-0.15, -0.1) is 0 Å². The van der Waals surface area contributed by atoms with Gasteiger partial charge in [-0.3, -0.25) is 0 Å². The van der Waals surface area contributed by atoms with Gasteiger partial charge in [0.2, 0.25) is 0 Å². The molecule has 1 atom stereocenters. The van der Waals surface area contributed by atoms with Crippen molar-refractivity contribution >= 4 is 0 Å². The first-order valence-corrected chi connectivity index (χ1v) is 10.8. The van der Waals surface area contributed by atoms with Crippen LogP contribution in [0.15, 0.2) is 0 Å². The Balaban J connectivity index is -0.000000276. The van der Waals surface area contributed by atoms with E-state index in [0.717, 1.165) is 23.7 Å². The zero-order valence-electron chi connectivity index (χ0n) is 18.7. The molecule has 0 heteroatoms. The van der Waals surface area contributed by atoms with Gasteiger partial charge in [-0.1, -0.05) is 127 Å². The van der Waals surface area contributed by atoms with Crippen LogP contribution in [0.3, 0.4) is 0 Å². The molecule has 0 aromatic heterocycles. The van der Waals surface area contributed by atoms with Gasteiger partial charge in [0.15, 0.2) is 0 Å². The Kier molecular flexibility index (Phi) is 26.6. The zero-order valence-corrected chi connectivity index (χ0v) is 18.7. The number of hydrogen-bond acceptors (Lipinski definition) is 0. The third-order valence-corrected chi connectivity index (χ3v) is 4.87. The summed E-state index contributed by atoms with van der Waals surface area (Å²) >= 11 is 0. The second-order valence-corrected chi connectivity index (χ2v) is 8.11. The minimum atomic E-state index is 0.884. The van der Waals surface area contributed by atoms with Gasteiger partial charge in [0.05, 0.1) is 0 Å². The molecule has 0 rings (SSSR count). The summed E-state index contributed by atoms with van der Waals surface area (Å²) in [7, 11) is 0. The van der Waals surface area contributed by atoms with Crippen LogP contribution in [0, 0.1) is 23.7 Å². The molecule has 0 saturated carbocycles. The molecular formula is C23H52. The van der Waals surface area contributed by atoms with Crippen LogP contribution < -0.4 is 0 Å². The molecular weight excluding hydrogens is 276 g/mol. The fourth-order valence-electron chi connectivity index (χ4n) is 2.02. The molecule has 0 heterocycles. The predicted octanol–water partition coefficient (Wildman–Crippen LogP) is 9.13. The Bertz CT molecular complexity index is 176. The fraction of sp³-hybridized carbons (Fsp3) is 1.00. The molecule has 0 amide bonds. The molecule has 23 heavy (non-hydrogen) atoms. The summed E-state index contributed by atoms with van der Waals surface area (Å²) in [5.74, 6) is 3.72. The minimum Gasteiger partial charge on any atom is -0.0654 e. The lowest BCUT2D eigenvalue weighted by Gasteiger charge is -2.12.